The van der Waals surface area contributed by atoms with Crippen molar-refractivity contribution in [1.82, 2.24) is 10.2 Å². The van der Waals surface area contributed by atoms with E-state index in [9.17, 15) is 9.59 Å². The van der Waals surface area contributed by atoms with Gasteiger partial charge in [0.1, 0.15) is 0 Å². The van der Waals surface area contributed by atoms with E-state index in [0.717, 1.165) is 38.8 Å². The summed E-state index contributed by atoms with van der Waals surface area (Å²) in [4.78, 5) is 27.6. The topological polar surface area (TPSA) is 78.7 Å². The number of primary amides is 1. The number of carbonyl (C=O) groups is 2. The molecule has 25 heavy (non-hydrogen) atoms. The van der Waals surface area contributed by atoms with E-state index in [1.54, 1.807) is 4.90 Å². The summed E-state index contributed by atoms with van der Waals surface area (Å²) in [5.41, 5.74) is 8.08. The van der Waals surface area contributed by atoms with Crippen LogP contribution < -0.4 is 16.0 Å². The quantitative estimate of drug-likeness (QED) is 0.799. The van der Waals surface area contributed by atoms with Gasteiger partial charge in [0.25, 0.3) is 0 Å². The molecule has 0 saturated carbocycles. The molecule has 6 nitrogen and oxygen atoms in total. The van der Waals surface area contributed by atoms with Crippen LogP contribution in [-0.4, -0.2) is 49.6 Å². The number of hydrogen-bond acceptors (Lipinski definition) is 3. The molecule has 0 spiro atoms. The monoisotopic (exact) mass is 344 g/mol. The normalized spacial score (nSPS) is 20.1. The molecule has 2 aliphatic rings. The van der Waals surface area contributed by atoms with Crippen LogP contribution in [0.5, 0.6) is 0 Å². The SMILES string of the molecule is NC(=O)N1CCCC(C(=O)NCCCN2CCCc3ccccc32)C1. The van der Waals surface area contributed by atoms with Crippen LogP contribution in [0.4, 0.5) is 10.5 Å². The van der Waals surface area contributed by atoms with Crippen LogP contribution in [0.2, 0.25) is 0 Å². The lowest BCUT2D eigenvalue weighted by Gasteiger charge is -2.32. The number of nitrogens with zero attached hydrogens (tertiary/aromatic N) is 2. The van der Waals surface area contributed by atoms with E-state index < -0.39 is 6.03 Å². The predicted molar refractivity (Wildman–Crippen MR) is 98.5 cm³/mol. The number of aryl methyl sites for hydroxylation is 1. The number of amides is 3. The number of nitrogens with one attached hydrogen (secondary N) is 1. The number of likely N-dealkylation sites (tertiary alicyclic amines) is 1. The molecule has 0 aliphatic carbocycles. The number of piperidine rings is 1. The third kappa shape index (κ3) is 4.44. The molecular weight excluding hydrogens is 316 g/mol. The molecule has 3 amide bonds. The van der Waals surface area contributed by atoms with Gasteiger partial charge in [-0.05, 0) is 43.7 Å². The molecule has 6 heteroatoms. The molecule has 1 aromatic carbocycles. The fraction of sp³-hybridized carbons (Fsp3) is 0.579. The second kappa shape index (κ2) is 8.23. The van der Waals surface area contributed by atoms with E-state index in [0.29, 0.717) is 19.6 Å². The van der Waals surface area contributed by atoms with Gasteiger partial charge in [-0.25, -0.2) is 4.79 Å². The number of rotatable bonds is 5. The van der Waals surface area contributed by atoms with Gasteiger partial charge in [0.05, 0.1) is 5.92 Å². The molecule has 2 heterocycles. The Balaban J connectivity index is 1.42. The maximum absolute atomic E-state index is 12.3. The van der Waals surface area contributed by atoms with E-state index in [2.05, 4.69) is 34.5 Å². The highest BCUT2D eigenvalue weighted by molar-refractivity contribution is 5.80. The Kier molecular flexibility index (Phi) is 5.79. The summed E-state index contributed by atoms with van der Waals surface area (Å²) in [6, 6.07) is 8.15. The average Bonchev–Trinajstić information content (AvgIpc) is 2.65. The Morgan fingerprint density at radius 2 is 2.04 bits per heavy atom. The first-order valence-electron chi connectivity index (χ1n) is 9.30. The zero-order valence-corrected chi connectivity index (χ0v) is 14.7. The third-order valence-corrected chi connectivity index (χ3v) is 5.21. The van der Waals surface area contributed by atoms with Gasteiger partial charge in [0, 0.05) is 38.4 Å². The minimum Gasteiger partial charge on any atom is -0.371 e. The van der Waals surface area contributed by atoms with E-state index >= 15 is 0 Å². The van der Waals surface area contributed by atoms with Crippen molar-refractivity contribution in [3.63, 3.8) is 0 Å². The molecule has 1 unspecified atom stereocenters. The van der Waals surface area contributed by atoms with Crippen LogP contribution in [0, 0.1) is 5.92 Å². The summed E-state index contributed by atoms with van der Waals surface area (Å²) in [6.45, 7) is 3.81. The lowest BCUT2D eigenvalue weighted by atomic mass is 9.97. The van der Waals surface area contributed by atoms with Gasteiger partial charge in [-0.3, -0.25) is 4.79 Å². The van der Waals surface area contributed by atoms with Gasteiger partial charge >= 0.3 is 6.03 Å². The van der Waals surface area contributed by atoms with Gasteiger partial charge in [-0.15, -0.1) is 0 Å². The molecule has 1 atom stereocenters. The lowest BCUT2D eigenvalue weighted by molar-refractivity contribution is -0.126. The minimum atomic E-state index is -0.429. The van der Waals surface area contributed by atoms with Crippen LogP contribution in [0.15, 0.2) is 24.3 Å². The summed E-state index contributed by atoms with van der Waals surface area (Å²) < 4.78 is 0. The largest absolute Gasteiger partial charge is 0.371 e. The van der Waals surface area contributed by atoms with Crippen molar-refractivity contribution in [1.29, 1.82) is 0 Å². The Morgan fingerprint density at radius 3 is 2.88 bits per heavy atom. The fourth-order valence-electron chi connectivity index (χ4n) is 3.86. The number of fused-ring (bicyclic) bond motifs is 1. The Bertz CT molecular complexity index is 619. The summed E-state index contributed by atoms with van der Waals surface area (Å²) in [7, 11) is 0. The first-order valence-corrected chi connectivity index (χ1v) is 9.30. The highest BCUT2D eigenvalue weighted by Crippen LogP contribution is 2.26. The lowest BCUT2D eigenvalue weighted by Crippen LogP contribution is -2.47. The maximum atomic E-state index is 12.3. The molecule has 0 aromatic heterocycles. The van der Waals surface area contributed by atoms with Gasteiger partial charge in [-0.1, -0.05) is 18.2 Å². The Labute approximate surface area is 149 Å². The van der Waals surface area contributed by atoms with Crippen molar-refractivity contribution < 1.29 is 9.59 Å². The summed E-state index contributed by atoms with van der Waals surface area (Å²) in [5, 5.41) is 3.03. The Hall–Kier alpha value is -2.24. The summed E-state index contributed by atoms with van der Waals surface area (Å²) in [5.74, 6) is -0.0815. The van der Waals surface area contributed by atoms with Crippen molar-refractivity contribution >= 4 is 17.6 Å². The van der Waals surface area contributed by atoms with E-state index in [1.165, 1.54) is 17.7 Å². The van der Waals surface area contributed by atoms with Crippen LogP contribution in [0.1, 0.15) is 31.2 Å². The summed E-state index contributed by atoms with van der Waals surface area (Å²) >= 11 is 0. The Morgan fingerprint density at radius 1 is 1.20 bits per heavy atom. The van der Waals surface area contributed by atoms with Crippen molar-refractivity contribution in [3.05, 3.63) is 29.8 Å². The second-order valence-corrected chi connectivity index (χ2v) is 6.99. The molecule has 0 radical (unpaired) electrons. The molecule has 0 bridgehead atoms. The highest BCUT2D eigenvalue weighted by Gasteiger charge is 2.27. The standard InChI is InChI=1S/C19H28N4O2/c20-19(25)23-12-4-8-16(14-23)18(24)21-10-5-13-22-11-3-7-15-6-1-2-9-17(15)22/h1-2,6,9,16H,3-5,7-8,10-14H2,(H2,20,25)(H,21,24). The maximum Gasteiger partial charge on any atom is 0.314 e. The van der Waals surface area contributed by atoms with Crippen molar-refractivity contribution in [2.75, 3.05) is 37.6 Å². The van der Waals surface area contributed by atoms with Crippen LogP contribution in [0.3, 0.4) is 0 Å². The van der Waals surface area contributed by atoms with Crippen LogP contribution in [0.25, 0.3) is 0 Å². The molecule has 3 N–H and O–H groups in total. The first kappa shape index (κ1) is 17.6. The third-order valence-electron chi connectivity index (χ3n) is 5.21. The molecule has 1 aromatic rings. The zero-order valence-electron chi connectivity index (χ0n) is 14.7. The van der Waals surface area contributed by atoms with Gasteiger partial charge in [0.2, 0.25) is 5.91 Å². The first-order chi connectivity index (χ1) is 12.1. The number of nitrogens with two attached hydrogens (primary N) is 1. The van der Waals surface area contributed by atoms with E-state index in [-0.39, 0.29) is 11.8 Å². The van der Waals surface area contributed by atoms with Gasteiger partial charge in [0.15, 0.2) is 0 Å². The highest BCUT2D eigenvalue weighted by atomic mass is 16.2. The molecule has 2 aliphatic heterocycles. The molecule has 136 valence electrons. The number of hydrogen-bond donors (Lipinski definition) is 2. The summed E-state index contributed by atoms with van der Waals surface area (Å²) in [6.07, 6.45) is 4.93. The van der Waals surface area contributed by atoms with Crippen molar-refractivity contribution in [2.24, 2.45) is 11.7 Å². The number of carbonyl (C=O) groups excluding carboxylic acids is 2. The number of benzene rings is 1. The van der Waals surface area contributed by atoms with E-state index in [4.69, 9.17) is 5.73 Å². The second-order valence-electron chi connectivity index (χ2n) is 6.99. The van der Waals surface area contributed by atoms with Gasteiger partial charge in [-0.2, -0.15) is 0 Å². The predicted octanol–water partition coefficient (Wildman–Crippen LogP) is 1.74. The fourth-order valence-corrected chi connectivity index (χ4v) is 3.86. The van der Waals surface area contributed by atoms with Crippen LogP contribution >= 0.6 is 0 Å². The van der Waals surface area contributed by atoms with Crippen molar-refractivity contribution in [3.8, 4) is 0 Å². The van der Waals surface area contributed by atoms with Crippen molar-refractivity contribution in [2.45, 2.75) is 32.1 Å². The van der Waals surface area contributed by atoms with Crippen LogP contribution in [-0.2, 0) is 11.2 Å². The molecule has 1 saturated heterocycles. The number of para-hydroxylation sites is 1. The minimum absolute atomic E-state index is 0.0463. The molecular formula is C19H28N4O2. The number of urea groups is 1. The smallest absolute Gasteiger partial charge is 0.314 e. The zero-order chi connectivity index (χ0) is 17.6. The number of anilines is 1. The average molecular weight is 344 g/mol. The van der Waals surface area contributed by atoms with E-state index in [1.807, 2.05) is 0 Å². The molecule has 1 fully saturated rings. The van der Waals surface area contributed by atoms with Gasteiger partial charge < -0.3 is 20.9 Å². The molecule has 3 rings (SSSR count).